The van der Waals surface area contributed by atoms with E-state index in [0.29, 0.717) is 21.8 Å². The van der Waals surface area contributed by atoms with Crippen molar-refractivity contribution in [3.8, 4) is 23.3 Å². The van der Waals surface area contributed by atoms with E-state index < -0.39 is 25.9 Å². The molecule has 10 heteroatoms. The number of nitriles is 1. The average Bonchev–Trinajstić information content (AvgIpc) is 3.04. The Kier molecular flexibility index (Phi) is 4.94. The van der Waals surface area contributed by atoms with Crippen LogP contribution in [0.4, 0.5) is 13.2 Å². The van der Waals surface area contributed by atoms with E-state index in [0.717, 1.165) is 6.20 Å². The van der Waals surface area contributed by atoms with E-state index in [-0.39, 0.29) is 11.3 Å². The van der Waals surface area contributed by atoms with E-state index in [2.05, 4.69) is 19.7 Å². The summed E-state index contributed by atoms with van der Waals surface area (Å²) in [6.07, 6.45) is -3.61. The molecule has 1 N–H and O–H groups in total. The number of hydrogen-bond acceptors (Lipinski definition) is 5. The summed E-state index contributed by atoms with van der Waals surface area (Å²) in [5.41, 5.74) is 1.21. The zero-order valence-corrected chi connectivity index (χ0v) is 15.2. The highest BCUT2D eigenvalue weighted by Crippen LogP contribution is 2.39. The van der Waals surface area contributed by atoms with Crippen LogP contribution in [0.5, 0.6) is 6.01 Å². The van der Waals surface area contributed by atoms with Crippen molar-refractivity contribution >= 4 is 23.3 Å². The van der Waals surface area contributed by atoms with Crippen molar-refractivity contribution in [1.82, 2.24) is 15.0 Å². The number of benzene rings is 1. The van der Waals surface area contributed by atoms with Crippen LogP contribution in [0.1, 0.15) is 5.56 Å². The lowest BCUT2D eigenvalue weighted by Gasteiger charge is -2.10. The topological polar surface area (TPSA) is 91.7 Å². The molecule has 0 aliphatic carbocycles. The van der Waals surface area contributed by atoms with Crippen LogP contribution in [0.2, 0.25) is 0 Å². The summed E-state index contributed by atoms with van der Waals surface area (Å²) in [6, 6.07) is 6.48. The summed E-state index contributed by atoms with van der Waals surface area (Å²) < 4.78 is 54.8. The van der Waals surface area contributed by atoms with Crippen molar-refractivity contribution in [2.24, 2.45) is 0 Å². The first-order chi connectivity index (χ1) is 12.7. The lowest BCUT2D eigenvalue weighted by molar-refractivity contribution is -0.0713. The Hall–Kier alpha value is -2.85. The molecule has 1 aromatic carbocycles. The number of para-hydroxylation sites is 1. The Bertz CT molecular complexity index is 1090. The third kappa shape index (κ3) is 3.67. The van der Waals surface area contributed by atoms with Crippen molar-refractivity contribution in [3.63, 3.8) is 0 Å². The molecule has 0 amide bonds. The Morgan fingerprint density at radius 1 is 1.30 bits per heavy atom. The molecule has 0 aliphatic heterocycles. The Morgan fingerprint density at radius 3 is 2.67 bits per heavy atom. The summed E-state index contributed by atoms with van der Waals surface area (Å²) in [6.45, 7) is 3.26. The molecule has 6 nitrogen and oxygen atoms in total. The molecule has 0 radical (unpaired) electrons. The minimum atomic E-state index is -3.36. The van der Waals surface area contributed by atoms with Gasteiger partial charge in [-0.15, -0.1) is 0 Å². The number of fused-ring (bicyclic) bond motifs is 1. The number of ether oxygens (including phenoxy) is 1. The van der Waals surface area contributed by atoms with E-state index in [1.807, 2.05) is 6.07 Å². The van der Waals surface area contributed by atoms with Crippen molar-refractivity contribution in [2.45, 2.75) is 12.8 Å². The van der Waals surface area contributed by atoms with Gasteiger partial charge in [0.25, 0.3) is 0 Å². The summed E-state index contributed by atoms with van der Waals surface area (Å²) in [5.74, 6) is 0. The van der Waals surface area contributed by atoms with Crippen molar-refractivity contribution in [1.29, 1.82) is 5.26 Å². The van der Waals surface area contributed by atoms with Gasteiger partial charge in [-0.25, -0.2) is 13.8 Å². The number of hydrogen-bond donors (Lipinski definition) is 1. The predicted octanol–water partition coefficient (Wildman–Crippen LogP) is 3.68. The number of halogens is 3. The number of aromatic amines is 1. The largest absolute Gasteiger partial charge is 0.422 e. The van der Waals surface area contributed by atoms with Crippen molar-refractivity contribution in [3.05, 3.63) is 36.2 Å². The van der Waals surface area contributed by atoms with Gasteiger partial charge in [0.2, 0.25) is 0 Å². The van der Waals surface area contributed by atoms with Gasteiger partial charge in [-0.05, 0) is 19.4 Å². The third-order valence-electron chi connectivity index (χ3n) is 3.83. The summed E-state index contributed by atoms with van der Waals surface area (Å²) in [7, 11) is -2.59. The molecule has 2 heterocycles. The Balaban J connectivity index is 2.16. The second-order valence-corrected chi connectivity index (χ2v) is 9.27. The standard InChI is InChI=1S/C17H14F3N4O2P/c1-27(2,25)12-5-3-4-10-11(8-22-14(10)12)13-9(6-21)7-23-17(24-13)26-16(20)15(18)19/h3-5,7-8,15-16,22H,1-2H3. The maximum absolute atomic E-state index is 13.2. The molecule has 140 valence electrons. The van der Waals surface area contributed by atoms with Gasteiger partial charge in [0, 0.05) is 22.5 Å². The molecule has 0 bridgehead atoms. The summed E-state index contributed by atoms with van der Waals surface area (Å²) in [4.78, 5) is 10.5. The zero-order chi connectivity index (χ0) is 19.8. The highest BCUT2D eigenvalue weighted by Gasteiger charge is 2.24. The molecular formula is C17H14F3N4O2P. The quantitative estimate of drug-likeness (QED) is 0.667. The summed E-state index contributed by atoms with van der Waals surface area (Å²) >= 11 is 0. The lowest BCUT2D eigenvalue weighted by Crippen LogP contribution is -2.20. The first kappa shape index (κ1) is 18.9. The fourth-order valence-electron chi connectivity index (χ4n) is 2.64. The molecule has 0 aliphatic rings. The number of alkyl halides is 3. The highest BCUT2D eigenvalue weighted by molar-refractivity contribution is 7.70. The van der Waals surface area contributed by atoms with Crippen molar-refractivity contribution < 1.29 is 22.5 Å². The minimum Gasteiger partial charge on any atom is -0.422 e. The normalized spacial score (nSPS) is 12.9. The van der Waals surface area contributed by atoms with Gasteiger partial charge in [0.15, 0.2) is 0 Å². The monoisotopic (exact) mass is 394 g/mol. The minimum absolute atomic E-state index is 0.0530. The summed E-state index contributed by atoms with van der Waals surface area (Å²) in [5, 5.41) is 10.6. The van der Waals surface area contributed by atoms with Crippen molar-refractivity contribution in [2.75, 3.05) is 13.3 Å². The number of nitrogens with one attached hydrogen (secondary N) is 1. The van der Waals surface area contributed by atoms with Gasteiger partial charge in [-0.2, -0.15) is 14.6 Å². The average molecular weight is 394 g/mol. The molecule has 1 atom stereocenters. The van der Waals surface area contributed by atoms with Crippen LogP contribution >= 0.6 is 7.14 Å². The van der Waals surface area contributed by atoms with Crippen LogP contribution in [-0.2, 0) is 4.57 Å². The van der Waals surface area contributed by atoms with Gasteiger partial charge in [-0.1, -0.05) is 12.1 Å². The van der Waals surface area contributed by atoms with Gasteiger partial charge in [-0.3, -0.25) is 0 Å². The maximum Gasteiger partial charge on any atom is 0.319 e. The molecule has 0 saturated heterocycles. The smallest absolute Gasteiger partial charge is 0.319 e. The molecule has 3 aromatic rings. The fourth-order valence-corrected chi connectivity index (χ4v) is 3.81. The molecule has 0 spiro atoms. The zero-order valence-electron chi connectivity index (χ0n) is 14.3. The van der Waals surface area contributed by atoms with E-state index in [1.165, 1.54) is 0 Å². The van der Waals surface area contributed by atoms with Crippen LogP contribution in [0.3, 0.4) is 0 Å². The SMILES string of the molecule is CP(C)(=O)c1cccc2c(-c3nc(OC(F)C(F)F)ncc3C#N)c[nH]c12. The molecule has 0 saturated carbocycles. The van der Waals surface area contributed by atoms with Crippen LogP contribution in [0.15, 0.2) is 30.6 Å². The van der Waals surface area contributed by atoms with Gasteiger partial charge >= 0.3 is 18.8 Å². The molecule has 27 heavy (non-hydrogen) atoms. The van der Waals surface area contributed by atoms with Gasteiger partial charge in [0.05, 0.1) is 23.0 Å². The number of rotatable bonds is 5. The third-order valence-corrected chi connectivity index (χ3v) is 5.36. The van der Waals surface area contributed by atoms with E-state index >= 15 is 0 Å². The highest BCUT2D eigenvalue weighted by atomic mass is 31.2. The molecule has 3 rings (SSSR count). The fraction of sp³-hybridized carbons (Fsp3) is 0.235. The lowest BCUT2D eigenvalue weighted by atomic mass is 10.1. The second-order valence-electron chi connectivity index (χ2n) is 6.08. The van der Waals surface area contributed by atoms with Gasteiger partial charge in [0.1, 0.15) is 13.2 Å². The van der Waals surface area contributed by atoms with Crippen LogP contribution in [0.25, 0.3) is 22.2 Å². The molecule has 1 unspecified atom stereocenters. The Labute approximate surface area is 152 Å². The first-order valence-corrected chi connectivity index (χ1v) is 10.3. The van der Waals surface area contributed by atoms with E-state index in [9.17, 15) is 23.0 Å². The number of aromatic nitrogens is 3. The number of H-pyrrole nitrogens is 1. The second kappa shape index (κ2) is 7.05. The molecule has 0 fully saturated rings. The molecular weight excluding hydrogens is 380 g/mol. The van der Waals surface area contributed by atoms with E-state index in [1.54, 1.807) is 37.7 Å². The van der Waals surface area contributed by atoms with Gasteiger partial charge < -0.3 is 14.3 Å². The van der Waals surface area contributed by atoms with Crippen LogP contribution in [0, 0.1) is 11.3 Å². The van der Waals surface area contributed by atoms with Crippen LogP contribution in [-0.4, -0.2) is 41.1 Å². The molecule has 2 aromatic heterocycles. The van der Waals surface area contributed by atoms with E-state index in [4.69, 9.17) is 0 Å². The maximum atomic E-state index is 13.2. The number of nitrogens with zero attached hydrogens (tertiary/aromatic N) is 3. The first-order valence-electron chi connectivity index (χ1n) is 7.74. The Morgan fingerprint density at radius 2 is 2.04 bits per heavy atom. The predicted molar refractivity (Wildman–Crippen MR) is 94.7 cm³/mol. The van der Waals surface area contributed by atoms with Crippen LogP contribution < -0.4 is 10.0 Å².